The van der Waals surface area contributed by atoms with Crippen LogP contribution in [0.4, 0.5) is 10.3 Å². The number of H-pyrrole nitrogens is 1. The fourth-order valence-electron chi connectivity index (χ4n) is 5.22. The van der Waals surface area contributed by atoms with E-state index >= 15 is 0 Å². The number of nitrogens with two attached hydrogens (primary N) is 1. The summed E-state index contributed by atoms with van der Waals surface area (Å²) < 4.78 is 22.1. The summed E-state index contributed by atoms with van der Waals surface area (Å²) in [5.74, 6) is 6.36. The van der Waals surface area contributed by atoms with Crippen LogP contribution in [0.5, 0.6) is 0 Å². The van der Waals surface area contributed by atoms with Gasteiger partial charge in [-0.3, -0.25) is 9.50 Å². The molecule has 2 saturated heterocycles. The lowest BCUT2D eigenvalue weighted by Gasteiger charge is -2.41. The maximum atomic E-state index is 14.2. The Labute approximate surface area is 196 Å². The number of aryl methyl sites for hydroxylation is 1. The summed E-state index contributed by atoms with van der Waals surface area (Å²) >= 11 is 0. The fourth-order valence-corrected chi connectivity index (χ4v) is 5.22. The van der Waals surface area contributed by atoms with Gasteiger partial charge in [-0.2, -0.15) is 10.1 Å². The van der Waals surface area contributed by atoms with Crippen molar-refractivity contribution >= 4 is 22.6 Å². The number of piperidine rings is 1. The van der Waals surface area contributed by atoms with Crippen LogP contribution in [0.2, 0.25) is 0 Å². The number of aromatic nitrogens is 5. The zero-order valence-corrected chi connectivity index (χ0v) is 19.2. The molecule has 0 saturated carbocycles. The van der Waals surface area contributed by atoms with Crippen LogP contribution in [0, 0.1) is 30.0 Å². The smallest absolute Gasteiger partial charge is 0.213 e. The molecule has 174 valence electrons. The van der Waals surface area contributed by atoms with Crippen molar-refractivity contribution in [3.63, 3.8) is 0 Å². The Hall–Kier alpha value is -3.48. The number of ether oxygens (including phenoxy) is 1. The van der Waals surface area contributed by atoms with Crippen molar-refractivity contribution in [3.8, 4) is 11.8 Å². The Balaban J connectivity index is 1.35. The molecule has 6 rings (SSSR count). The van der Waals surface area contributed by atoms with Gasteiger partial charge in [0, 0.05) is 36.9 Å². The quantitative estimate of drug-likeness (QED) is 0.425. The van der Waals surface area contributed by atoms with Gasteiger partial charge in [0.25, 0.3) is 0 Å². The van der Waals surface area contributed by atoms with Crippen molar-refractivity contribution < 1.29 is 9.13 Å². The van der Waals surface area contributed by atoms with E-state index in [1.54, 1.807) is 12.3 Å². The summed E-state index contributed by atoms with van der Waals surface area (Å²) in [6, 6.07) is 5.05. The molecule has 0 bridgehead atoms. The van der Waals surface area contributed by atoms with Gasteiger partial charge in [-0.1, -0.05) is 12.0 Å². The van der Waals surface area contributed by atoms with Crippen molar-refractivity contribution in [2.24, 2.45) is 11.1 Å². The minimum Gasteiger partial charge on any atom is -0.376 e. The number of hydrogen-bond donors (Lipinski definition) is 2. The monoisotopic (exact) mass is 459 g/mol. The topological polar surface area (TPSA) is 97.4 Å². The second-order valence-electron chi connectivity index (χ2n) is 9.45. The zero-order valence-electron chi connectivity index (χ0n) is 19.2. The van der Waals surface area contributed by atoms with Gasteiger partial charge in [0.05, 0.1) is 23.7 Å². The normalized spacial score (nSPS) is 21.9. The summed E-state index contributed by atoms with van der Waals surface area (Å²) in [5, 5.41) is 8.08. The van der Waals surface area contributed by atoms with Gasteiger partial charge in [0.15, 0.2) is 11.3 Å². The number of hydrogen-bond acceptors (Lipinski definition) is 6. The molecule has 8 nitrogen and oxygen atoms in total. The summed E-state index contributed by atoms with van der Waals surface area (Å²) in [6.07, 6.45) is 5.65. The molecular weight excluding hydrogens is 433 g/mol. The van der Waals surface area contributed by atoms with E-state index in [0.29, 0.717) is 16.9 Å². The molecule has 3 N–H and O–H groups in total. The number of halogens is 1. The Kier molecular flexibility index (Phi) is 4.83. The molecule has 1 spiro atoms. The second-order valence-corrected chi connectivity index (χ2v) is 9.45. The maximum absolute atomic E-state index is 14.2. The predicted octanol–water partition coefficient (Wildman–Crippen LogP) is 2.79. The number of nitrogens with zero attached hydrogens (tertiary/aromatic N) is 5. The van der Waals surface area contributed by atoms with E-state index in [2.05, 4.69) is 38.8 Å². The van der Waals surface area contributed by atoms with Crippen LogP contribution in [0.25, 0.3) is 16.7 Å². The Bertz CT molecular complexity index is 1450. The molecule has 5 heterocycles. The molecule has 2 fully saturated rings. The minimum atomic E-state index is -0.344. The van der Waals surface area contributed by atoms with Gasteiger partial charge < -0.3 is 15.4 Å². The first-order valence-corrected chi connectivity index (χ1v) is 11.6. The van der Waals surface area contributed by atoms with Crippen LogP contribution in [0.3, 0.4) is 0 Å². The molecule has 9 heteroatoms. The predicted molar refractivity (Wildman–Crippen MR) is 127 cm³/mol. The minimum absolute atomic E-state index is 0.0378. The lowest BCUT2D eigenvalue weighted by Crippen LogP contribution is -2.51. The zero-order chi connectivity index (χ0) is 23.4. The van der Waals surface area contributed by atoms with Gasteiger partial charge in [0.2, 0.25) is 5.95 Å². The molecule has 1 aromatic carbocycles. The van der Waals surface area contributed by atoms with E-state index in [1.165, 1.54) is 6.07 Å². The fraction of sp³-hybridized carbons (Fsp3) is 0.400. The summed E-state index contributed by atoms with van der Waals surface area (Å²) in [6.45, 7) is 6.30. The molecule has 2 aliphatic rings. The first-order valence-electron chi connectivity index (χ1n) is 11.6. The third-order valence-corrected chi connectivity index (χ3v) is 7.37. The van der Waals surface area contributed by atoms with Crippen LogP contribution >= 0.6 is 0 Å². The highest BCUT2D eigenvalue weighted by Crippen LogP contribution is 2.42. The van der Waals surface area contributed by atoms with Gasteiger partial charge in [0.1, 0.15) is 11.5 Å². The van der Waals surface area contributed by atoms with Crippen LogP contribution < -0.4 is 10.6 Å². The van der Waals surface area contributed by atoms with Crippen LogP contribution in [-0.4, -0.2) is 56.4 Å². The number of aromatic amines is 1. The lowest BCUT2D eigenvalue weighted by molar-refractivity contribution is 0.0973. The van der Waals surface area contributed by atoms with Crippen LogP contribution in [-0.2, 0) is 4.74 Å². The molecule has 2 atom stereocenters. The molecule has 0 unspecified atom stereocenters. The van der Waals surface area contributed by atoms with Crippen LogP contribution in [0.1, 0.15) is 36.6 Å². The lowest BCUT2D eigenvalue weighted by atomic mass is 9.73. The Morgan fingerprint density at radius 2 is 2.09 bits per heavy atom. The van der Waals surface area contributed by atoms with E-state index in [4.69, 9.17) is 15.5 Å². The standard InChI is InChI=1S/C25H26FN7O/c1-15-3-4-17(18(26)13-15)5-6-19-20-22(31-30-19)29-24(33-12-9-28-23(20)33)32-10-7-25(8-11-32)14-34-16(2)21(25)27/h3-4,9,12-13,16,21H,7-8,10-11,14,27H2,1-2H3,(H,30,31)/t16-,21+/m0/s1. The number of rotatable bonds is 1. The average molecular weight is 460 g/mol. The highest BCUT2D eigenvalue weighted by molar-refractivity contribution is 5.94. The van der Waals surface area contributed by atoms with E-state index in [9.17, 15) is 4.39 Å². The van der Waals surface area contributed by atoms with E-state index in [1.807, 2.05) is 23.6 Å². The second kappa shape index (κ2) is 7.79. The first kappa shape index (κ1) is 21.1. The molecule has 0 aliphatic carbocycles. The largest absolute Gasteiger partial charge is 0.376 e. The number of imidazole rings is 1. The number of anilines is 1. The molecule has 3 aromatic heterocycles. The van der Waals surface area contributed by atoms with E-state index < -0.39 is 0 Å². The highest BCUT2D eigenvalue weighted by Gasteiger charge is 2.47. The van der Waals surface area contributed by atoms with Crippen molar-refractivity contribution in [2.45, 2.75) is 38.8 Å². The Morgan fingerprint density at radius 3 is 2.82 bits per heavy atom. The summed E-state index contributed by atoms with van der Waals surface area (Å²) in [5.41, 5.74) is 9.53. The molecule has 34 heavy (non-hydrogen) atoms. The van der Waals surface area contributed by atoms with Gasteiger partial charge >= 0.3 is 0 Å². The number of benzene rings is 1. The van der Waals surface area contributed by atoms with Crippen molar-refractivity contribution in [1.82, 2.24) is 24.6 Å². The number of fused-ring (bicyclic) bond motifs is 3. The highest BCUT2D eigenvalue weighted by atomic mass is 19.1. The molecule has 0 radical (unpaired) electrons. The third kappa shape index (κ3) is 3.25. The van der Waals surface area contributed by atoms with Gasteiger partial charge in [-0.05, 0) is 50.3 Å². The third-order valence-electron chi connectivity index (χ3n) is 7.37. The van der Waals surface area contributed by atoms with Gasteiger partial charge in [-0.25, -0.2) is 9.37 Å². The number of nitrogens with one attached hydrogen (secondary N) is 1. The van der Waals surface area contributed by atoms with Crippen molar-refractivity contribution in [3.05, 3.63) is 53.2 Å². The maximum Gasteiger partial charge on any atom is 0.213 e. The van der Waals surface area contributed by atoms with E-state index in [-0.39, 0.29) is 23.4 Å². The molecule has 4 aromatic rings. The first-order chi connectivity index (χ1) is 16.4. The van der Waals surface area contributed by atoms with Gasteiger partial charge in [-0.15, -0.1) is 0 Å². The van der Waals surface area contributed by atoms with Crippen molar-refractivity contribution in [2.75, 3.05) is 24.6 Å². The van der Waals surface area contributed by atoms with Crippen molar-refractivity contribution in [1.29, 1.82) is 0 Å². The summed E-state index contributed by atoms with van der Waals surface area (Å²) in [7, 11) is 0. The average Bonchev–Trinajstić information content (AvgIpc) is 3.54. The summed E-state index contributed by atoms with van der Waals surface area (Å²) in [4.78, 5) is 11.7. The molecular formula is C25H26FN7O. The Morgan fingerprint density at radius 1 is 1.26 bits per heavy atom. The SMILES string of the molecule is Cc1ccc(C#Cc2n[nH]c3nc(N4CCC5(CC4)CO[C@@H](C)[C@H]5N)n4ccnc4c23)c(F)c1. The van der Waals surface area contributed by atoms with Crippen LogP contribution in [0.15, 0.2) is 30.6 Å². The van der Waals surface area contributed by atoms with E-state index in [0.717, 1.165) is 55.1 Å². The molecule has 0 amide bonds. The molecule has 2 aliphatic heterocycles.